The Balaban J connectivity index is 1.64. The van der Waals surface area contributed by atoms with Crippen LogP contribution in [-0.4, -0.2) is 29.9 Å². The van der Waals surface area contributed by atoms with Gasteiger partial charge in [0.2, 0.25) is 0 Å². The summed E-state index contributed by atoms with van der Waals surface area (Å²) < 4.78 is 39.3. The third-order valence-corrected chi connectivity index (χ3v) is 7.09. The van der Waals surface area contributed by atoms with E-state index in [-0.39, 0.29) is 18.0 Å². The molecule has 1 heterocycles. The lowest BCUT2D eigenvalue weighted by Crippen LogP contribution is -2.24. The summed E-state index contributed by atoms with van der Waals surface area (Å²) in [6, 6.07) is 21.2. The predicted molar refractivity (Wildman–Crippen MR) is 164 cm³/mol. The van der Waals surface area contributed by atoms with Gasteiger partial charge in [0, 0.05) is 48.2 Å². The van der Waals surface area contributed by atoms with Crippen LogP contribution in [0.1, 0.15) is 64.6 Å². The molecule has 0 aliphatic heterocycles. The van der Waals surface area contributed by atoms with Crippen molar-refractivity contribution in [3.63, 3.8) is 0 Å². The summed E-state index contributed by atoms with van der Waals surface area (Å²) in [5, 5.41) is 5.71. The van der Waals surface area contributed by atoms with Crippen LogP contribution in [0.5, 0.6) is 0 Å². The molecule has 0 aliphatic carbocycles. The molecule has 9 heteroatoms. The highest BCUT2D eigenvalue weighted by Crippen LogP contribution is 2.33. The van der Waals surface area contributed by atoms with Gasteiger partial charge in [-0.3, -0.25) is 14.6 Å². The van der Waals surface area contributed by atoms with Gasteiger partial charge in [0.05, 0.1) is 16.9 Å². The van der Waals surface area contributed by atoms with E-state index < -0.39 is 17.6 Å². The normalized spacial score (nSPS) is 11.2. The van der Waals surface area contributed by atoms with Crippen molar-refractivity contribution in [2.24, 2.45) is 0 Å². The summed E-state index contributed by atoms with van der Waals surface area (Å²) >= 11 is 0. The van der Waals surface area contributed by atoms with E-state index in [1.165, 1.54) is 18.3 Å². The van der Waals surface area contributed by atoms with Crippen LogP contribution in [0.3, 0.4) is 0 Å². The van der Waals surface area contributed by atoms with E-state index in [2.05, 4.69) is 34.4 Å². The second-order valence-corrected chi connectivity index (χ2v) is 10.1. The van der Waals surface area contributed by atoms with E-state index >= 15 is 0 Å². The summed E-state index contributed by atoms with van der Waals surface area (Å²) in [7, 11) is 0. The average Bonchev–Trinajstić information content (AvgIpc) is 3.02. The third kappa shape index (κ3) is 8.00. The van der Waals surface area contributed by atoms with E-state index in [0.717, 1.165) is 49.3 Å². The molecule has 0 atom stereocenters. The number of carbonyl (C=O) groups is 2. The zero-order chi connectivity index (χ0) is 31.0. The van der Waals surface area contributed by atoms with Crippen molar-refractivity contribution in [3.8, 4) is 11.3 Å². The molecule has 0 fully saturated rings. The summed E-state index contributed by atoms with van der Waals surface area (Å²) in [5.74, 6) is -0.722. The van der Waals surface area contributed by atoms with Crippen LogP contribution in [0.25, 0.3) is 11.3 Å². The molecule has 0 saturated heterocycles. The zero-order valence-corrected chi connectivity index (χ0v) is 24.5. The van der Waals surface area contributed by atoms with E-state index in [9.17, 15) is 22.8 Å². The van der Waals surface area contributed by atoms with Crippen molar-refractivity contribution in [1.29, 1.82) is 0 Å². The Labute approximate surface area is 250 Å². The molecule has 0 radical (unpaired) electrons. The predicted octanol–water partition coefficient (Wildman–Crippen LogP) is 7.75. The number of anilines is 2. The quantitative estimate of drug-likeness (QED) is 0.188. The number of amides is 2. The van der Waals surface area contributed by atoms with Crippen molar-refractivity contribution in [1.82, 2.24) is 10.3 Å². The Hall–Kier alpha value is -4.66. The molecule has 43 heavy (non-hydrogen) atoms. The molecular weight excluding hydrogens is 553 g/mol. The van der Waals surface area contributed by atoms with Crippen LogP contribution < -0.4 is 15.5 Å². The Bertz CT molecular complexity index is 1590. The van der Waals surface area contributed by atoms with Crippen LogP contribution in [0.4, 0.5) is 24.5 Å². The van der Waals surface area contributed by atoms with Gasteiger partial charge in [0.15, 0.2) is 0 Å². The lowest BCUT2D eigenvalue weighted by Gasteiger charge is -2.24. The molecule has 1 aromatic heterocycles. The molecule has 224 valence electrons. The van der Waals surface area contributed by atoms with E-state index in [0.29, 0.717) is 28.1 Å². The summed E-state index contributed by atoms with van der Waals surface area (Å²) in [6.45, 7) is 7.75. The SMILES string of the molecule is CCCN(CC)c1ccc(NC(=O)c2cccc(CC)c2)c(-c2cc(C(=O)NCc3cccc(C(F)(F)F)c3)ccn2)c1. The minimum atomic E-state index is -4.47. The van der Waals surface area contributed by atoms with Gasteiger partial charge in [0.1, 0.15) is 0 Å². The Morgan fingerprint density at radius 2 is 1.58 bits per heavy atom. The minimum Gasteiger partial charge on any atom is -0.372 e. The number of hydrogen-bond donors (Lipinski definition) is 2. The minimum absolute atomic E-state index is 0.0729. The van der Waals surface area contributed by atoms with E-state index in [1.807, 2.05) is 43.3 Å². The monoisotopic (exact) mass is 588 g/mol. The number of rotatable bonds is 11. The molecular formula is C34H35F3N4O2. The molecule has 2 amide bonds. The average molecular weight is 589 g/mol. The van der Waals surface area contributed by atoms with Gasteiger partial charge >= 0.3 is 6.18 Å². The first kappa shape index (κ1) is 31.3. The van der Waals surface area contributed by atoms with Crippen molar-refractivity contribution >= 4 is 23.2 Å². The van der Waals surface area contributed by atoms with Gasteiger partial charge in [-0.05, 0) is 85.5 Å². The highest BCUT2D eigenvalue weighted by atomic mass is 19.4. The molecule has 0 spiro atoms. The number of aromatic nitrogens is 1. The number of nitrogens with one attached hydrogen (secondary N) is 2. The van der Waals surface area contributed by atoms with Gasteiger partial charge < -0.3 is 15.5 Å². The molecule has 6 nitrogen and oxygen atoms in total. The van der Waals surface area contributed by atoms with Crippen molar-refractivity contribution in [3.05, 3.63) is 113 Å². The number of hydrogen-bond acceptors (Lipinski definition) is 4. The number of aryl methyl sites for hydroxylation is 1. The number of pyridine rings is 1. The Morgan fingerprint density at radius 1 is 0.837 bits per heavy atom. The first-order chi connectivity index (χ1) is 20.6. The van der Waals surface area contributed by atoms with Crippen molar-refractivity contribution in [2.75, 3.05) is 23.3 Å². The fourth-order valence-corrected chi connectivity index (χ4v) is 4.78. The van der Waals surface area contributed by atoms with Crippen LogP contribution in [-0.2, 0) is 19.1 Å². The molecule has 0 aliphatic rings. The molecule has 2 N–H and O–H groups in total. The van der Waals surface area contributed by atoms with Crippen LogP contribution in [0, 0.1) is 0 Å². The lowest BCUT2D eigenvalue weighted by molar-refractivity contribution is -0.137. The van der Waals surface area contributed by atoms with Gasteiger partial charge in [0.25, 0.3) is 11.8 Å². The summed E-state index contributed by atoms with van der Waals surface area (Å²) in [5.41, 5.74) is 4.03. The number of carbonyl (C=O) groups excluding carboxylic acids is 2. The lowest BCUT2D eigenvalue weighted by atomic mass is 10.0. The maximum atomic E-state index is 13.2. The number of halogens is 3. The second kappa shape index (κ2) is 14.0. The third-order valence-electron chi connectivity index (χ3n) is 7.09. The van der Waals surface area contributed by atoms with Gasteiger partial charge in [-0.1, -0.05) is 38.1 Å². The van der Waals surface area contributed by atoms with Crippen molar-refractivity contribution < 1.29 is 22.8 Å². The highest BCUT2D eigenvalue weighted by Gasteiger charge is 2.30. The van der Waals surface area contributed by atoms with Crippen LogP contribution >= 0.6 is 0 Å². The maximum Gasteiger partial charge on any atom is 0.416 e. The molecule has 0 saturated carbocycles. The topological polar surface area (TPSA) is 74.3 Å². The van der Waals surface area contributed by atoms with Gasteiger partial charge in [-0.15, -0.1) is 0 Å². The number of alkyl halides is 3. The molecule has 3 aromatic carbocycles. The zero-order valence-electron chi connectivity index (χ0n) is 24.5. The Kier molecular flexibility index (Phi) is 10.2. The summed E-state index contributed by atoms with van der Waals surface area (Å²) in [6.07, 6.45) is -1.21. The van der Waals surface area contributed by atoms with Crippen molar-refractivity contribution in [2.45, 2.75) is 46.3 Å². The largest absolute Gasteiger partial charge is 0.416 e. The first-order valence-electron chi connectivity index (χ1n) is 14.3. The van der Waals surface area contributed by atoms with E-state index in [1.54, 1.807) is 18.2 Å². The standard InChI is InChI=1S/C34H35F3N4O2/c1-4-17-41(6-3)28-13-14-30(40-33(43)25-11-7-9-23(5-2)18-25)29(21-28)31-20-26(15-16-38-31)32(42)39-22-24-10-8-12-27(19-24)34(35,36)37/h7-16,18-21H,4-6,17,22H2,1-3H3,(H,39,42)(H,40,43). The van der Waals surface area contributed by atoms with E-state index in [4.69, 9.17) is 0 Å². The number of benzene rings is 3. The van der Waals surface area contributed by atoms with Crippen LogP contribution in [0.2, 0.25) is 0 Å². The Morgan fingerprint density at radius 3 is 2.30 bits per heavy atom. The fourth-order valence-electron chi connectivity index (χ4n) is 4.78. The van der Waals surface area contributed by atoms with Crippen LogP contribution in [0.15, 0.2) is 85.1 Å². The fraction of sp³-hybridized carbons (Fsp3) is 0.265. The molecule has 4 aromatic rings. The molecule has 0 bridgehead atoms. The molecule has 4 rings (SSSR count). The second-order valence-electron chi connectivity index (χ2n) is 10.1. The number of nitrogens with zero attached hydrogens (tertiary/aromatic N) is 2. The molecule has 0 unspecified atom stereocenters. The smallest absolute Gasteiger partial charge is 0.372 e. The van der Waals surface area contributed by atoms with Gasteiger partial charge in [-0.25, -0.2) is 0 Å². The summed E-state index contributed by atoms with van der Waals surface area (Å²) in [4.78, 5) is 33.0. The van der Waals surface area contributed by atoms with Gasteiger partial charge in [-0.2, -0.15) is 13.2 Å². The highest BCUT2D eigenvalue weighted by molar-refractivity contribution is 6.06. The maximum absolute atomic E-state index is 13.2. The first-order valence-corrected chi connectivity index (χ1v) is 14.3.